The van der Waals surface area contributed by atoms with Crippen molar-refractivity contribution in [3.63, 3.8) is 0 Å². The Morgan fingerprint density at radius 2 is 1.71 bits per heavy atom. The van der Waals surface area contributed by atoms with Crippen molar-refractivity contribution >= 4 is 34.2 Å². The van der Waals surface area contributed by atoms with E-state index in [-0.39, 0.29) is 11.6 Å². The maximum Gasteiger partial charge on any atom is 0.451 e. The van der Waals surface area contributed by atoms with Gasteiger partial charge in [0.2, 0.25) is 5.82 Å². The van der Waals surface area contributed by atoms with Crippen molar-refractivity contribution in [2.24, 2.45) is 5.92 Å². The maximum atomic E-state index is 13.5. The van der Waals surface area contributed by atoms with E-state index in [2.05, 4.69) is 38.9 Å². The molecule has 13 heteroatoms. The Bertz CT molecular complexity index is 1380. The van der Waals surface area contributed by atoms with Crippen molar-refractivity contribution in [2.75, 3.05) is 70.5 Å². The Balaban J connectivity index is 1.33. The number of amides is 1. The number of pyridine rings is 1. The van der Waals surface area contributed by atoms with Crippen LogP contribution in [0.1, 0.15) is 41.6 Å². The fourth-order valence-corrected chi connectivity index (χ4v) is 5.78. The standard InChI is InChI=1S/C29H35ClF3N7O2/c1-19(2)18-38-7-9-40(10-8-38)25-6-3-21-23(37-25)5-4-22(30)26(21)27(41)34-17-24(39-11-13-42-14-12-39)20-15-35-28(36-16-20)29(31,32)33/h3-6,15-16,19,24H,7-14,17-18H2,1-2H3,(H,34,41). The highest BCUT2D eigenvalue weighted by Gasteiger charge is 2.35. The van der Waals surface area contributed by atoms with E-state index in [1.807, 2.05) is 23.1 Å². The third-order valence-corrected chi connectivity index (χ3v) is 7.92. The van der Waals surface area contributed by atoms with Gasteiger partial charge in [-0.25, -0.2) is 15.0 Å². The molecule has 0 aliphatic carbocycles. The minimum Gasteiger partial charge on any atom is -0.379 e. The molecule has 1 amide bonds. The number of hydrogen-bond acceptors (Lipinski definition) is 8. The zero-order valence-electron chi connectivity index (χ0n) is 23.7. The van der Waals surface area contributed by atoms with Crippen LogP contribution < -0.4 is 10.2 Å². The van der Waals surface area contributed by atoms with Gasteiger partial charge in [-0.2, -0.15) is 13.2 Å². The second-order valence-electron chi connectivity index (χ2n) is 11.1. The minimum absolute atomic E-state index is 0.118. The Morgan fingerprint density at radius 3 is 2.36 bits per heavy atom. The molecule has 0 saturated carbocycles. The predicted molar refractivity (Wildman–Crippen MR) is 155 cm³/mol. The van der Waals surface area contributed by atoms with Crippen LogP contribution in [0.5, 0.6) is 0 Å². The number of nitrogens with one attached hydrogen (secondary N) is 1. The molecule has 3 aromatic rings. The van der Waals surface area contributed by atoms with Crippen molar-refractivity contribution in [2.45, 2.75) is 26.1 Å². The second-order valence-corrected chi connectivity index (χ2v) is 11.5. The SMILES string of the molecule is CC(C)CN1CCN(c2ccc3c(C(=O)NCC(c4cnc(C(F)(F)F)nc4)N4CCOCC4)c(Cl)ccc3n2)CC1. The lowest BCUT2D eigenvalue weighted by molar-refractivity contribution is -0.145. The first-order valence-electron chi connectivity index (χ1n) is 14.2. The number of nitrogens with zero attached hydrogens (tertiary/aromatic N) is 6. The summed E-state index contributed by atoms with van der Waals surface area (Å²) in [6.45, 7) is 11.4. The zero-order valence-corrected chi connectivity index (χ0v) is 24.5. The molecular formula is C29H35ClF3N7O2. The smallest absolute Gasteiger partial charge is 0.379 e. The molecule has 4 heterocycles. The fourth-order valence-electron chi connectivity index (χ4n) is 5.53. The lowest BCUT2D eigenvalue weighted by Crippen LogP contribution is -2.47. The Labute approximate surface area is 248 Å². The van der Waals surface area contributed by atoms with Crippen LogP contribution in [0.4, 0.5) is 19.0 Å². The third-order valence-electron chi connectivity index (χ3n) is 7.60. The highest BCUT2D eigenvalue weighted by atomic mass is 35.5. The lowest BCUT2D eigenvalue weighted by Gasteiger charge is -2.36. The van der Waals surface area contributed by atoms with Gasteiger partial charge in [0, 0.05) is 75.7 Å². The normalized spacial score (nSPS) is 18.0. The van der Waals surface area contributed by atoms with Crippen LogP contribution >= 0.6 is 11.6 Å². The summed E-state index contributed by atoms with van der Waals surface area (Å²) in [5, 5.41) is 3.86. The lowest BCUT2D eigenvalue weighted by atomic mass is 10.1. The number of rotatable bonds is 8. The van der Waals surface area contributed by atoms with E-state index in [1.165, 1.54) is 12.4 Å². The zero-order chi connectivity index (χ0) is 29.9. The number of alkyl halides is 3. The third kappa shape index (κ3) is 7.11. The Hall–Kier alpha value is -3.06. The number of benzene rings is 1. The van der Waals surface area contributed by atoms with Gasteiger partial charge < -0.3 is 15.0 Å². The first kappa shape index (κ1) is 30.4. The summed E-state index contributed by atoms with van der Waals surface area (Å²) in [5.41, 5.74) is 1.43. The molecule has 0 bridgehead atoms. The molecule has 0 radical (unpaired) electrons. The average molecular weight is 606 g/mol. The van der Waals surface area contributed by atoms with Crippen molar-refractivity contribution in [1.29, 1.82) is 0 Å². The van der Waals surface area contributed by atoms with E-state index < -0.39 is 23.9 Å². The van der Waals surface area contributed by atoms with Crippen LogP contribution in [-0.4, -0.2) is 96.2 Å². The van der Waals surface area contributed by atoms with Gasteiger partial charge in [0.1, 0.15) is 5.82 Å². The van der Waals surface area contributed by atoms with Gasteiger partial charge in [-0.05, 0) is 30.2 Å². The summed E-state index contributed by atoms with van der Waals surface area (Å²) in [5.74, 6) is -0.122. The highest BCUT2D eigenvalue weighted by molar-refractivity contribution is 6.35. The number of fused-ring (bicyclic) bond motifs is 1. The number of piperazine rings is 1. The van der Waals surface area contributed by atoms with E-state index in [0.717, 1.165) is 38.5 Å². The largest absolute Gasteiger partial charge is 0.451 e. The van der Waals surface area contributed by atoms with Crippen molar-refractivity contribution in [3.8, 4) is 0 Å². The van der Waals surface area contributed by atoms with Crippen LogP contribution in [0.3, 0.4) is 0 Å². The highest BCUT2D eigenvalue weighted by Crippen LogP contribution is 2.29. The van der Waals surface area contributed by atoms with Crippen molar-refractivity contribution in [3.05, 3.63) is 58.6 Å². The van der Waals surface area contributed by atoms with Gasteiger partial charge >= 0.3 is 6.18 Å². The molecule has 2 saturated heterocycles. The summed E-state index contributed by atoms with van der Waals surface area (Å²) in [7, 11) is 0. The summed E-state index contributed by atoms with van der Waals surface area (Å²) in [6.07, 6.45) is -2.30. The fraction of sp³-hybridized carbons (Fsp3) is 0.517. The van der Waals surface area contributed by atoms with Gasteiger partial charge in [0.15, 0.2) is 0 Å². The molecule has 1 atom stereocenters. The molecule has 226 valence electrons. The summed E-state index contributed by atoms with van der Waals surface area (Å²) < 4.78 is 44.6. The summed E-state index contributed by atoms with van der Waals surface area (Å²) in [4.78, 5) is 32.2. The number of halogens is 4. The van der Waals surface area contributed by atoms with E-state index >= 15 is 0 Å². The van der Waals surface area contributed by atoms with E-state index in [0.29, 0.717) is 54.3 Å². The second kappa shape index (κ2) is 13.1. The maximum absolute atomic E-state index is 13.5. The summed E-state index contributed by atoms with van der Waals surface area (Å²) in [6, 6.07) is 6.82. The van der Waals surface area contributed by atoms with Gasteiger partial charge in [-0.3, -0.25) is 14.6 Å². The van der Waals surface area contributed by atoms with E-state index in [1.54, 1.807) is 6.07 Å². The number of aromatic nitrogens is 3. The van der Waals surface area contributed by atoms with Crippen LogP contribution in [0.15, 0.2) is 36.7 Å². The molecule has 1 unspecified atom stereocenters. The molecule has 1 N–H and O–H groups in total. The van der Waals surface area contributed by atoms with Crippen LogP contribution in [0, 0.1) is 5.92 Å². The number of anilines is 1. The molecule has 42 heavy (non-hydrogen) atoms. The van der Waals surface area contributed by atoms with Gasteiger partial charge in [-0.1, -0.05) is 25.4 Å². The predicted octanol–water partition coefficient (Wildman–Crippen LogP) is 4.28. The van der Waals surface area contributed by atoms with Gasteiger partial charge in [-0.15, -0.1) is 0 Å². The number of morpholine rings is 1. The monoisotopic (exact) mass is 605 g/mol. The topological polar surface area (TPSA) is 86.7 Å². The molecule has 9 nitrogen and oxygen atoms in total. The molecule has 0 spiro atoms. The van der Waals surface area contributed by atoms with Crippen LogP contribution in [0.2, 0.25) is 5.02 Å². The molecule has 2 fully saturated rings. The quantitative estimate of drug-likeness (QED) is 0.407. The Morgan fingerprint density at radius 1 is 1.02 bits per heavy atom. The first-order valence-corrected chi connectivity index (χ1v) is 14.5. The average Bonchev–Trinajstić information content (AvgIpc) is 2.97. The molecule has 2 aliphatic heterocycles. The van der Waals surface area contributed by atoms with Crippen molar-refractivity contribution in [1.82, 2.24) is 30.1 Å². The molecule has 5 rings (SSSR count). The molecule has 2 aliphatic rings. The first-order chi connectivity index (χ1) is 20.1. The minimum atomic E-state index is -4.64. The number of carbonyl (C=O) groups is 1. The number of ether oxygens (including phenoxy) is 1. The van der Waals surface area contributed by atoms with Crippen LogP contribution in [-0.2, 0) is 10.9 Å². The van der Waals surface area contributed by atoms with E-state index in [9.17, 15) is 18.0 Å². The number of hydrogen-bond donors (Lipinski definition) is 1. The van der Waals surface area contributed by atoms with Crippen molar-refractivity contribution < 1.29 is 22.7 Å². The Kier molecular flexibility index (Phi) is 9.46. The molecule has 2 aromatic heterocycles. The number of carbonyl (C=O) groups excluding carboxylic acids is 1. The van der Waals surface area contributed by atoms with Crippen LogP contribution in [0.25, 0.3) is 10.9 Å². The molecule has 1 aromatic carbocycles. The van der Waals surface area contributed by atoms with E-state index in [4.69, 9.17) is 21.3 Å². The molecular weight excluding hydrogens is 571 g/mol. The van der Waals surface area contributed by atoms with Gasteiger partial charge in [0.05, 0.1) is 35.4 Å². The summed E-state index contributed by atoms with van der Waals surface area (Å²) >= 11 is 6.53. The van der Waals surface area contributed by atoms with Gasteiger partial charge in [0.25, 0.3) is 5.91 Å².